The number of H-pyrrole nitrogens is 1. The minimum Gasteiger partial charge on any atom is -0.307 e. The third kappa shape index (κ3) is 2.79. The van der Waals surface area contributed by atoms with Crippen molar-refractivity contribution in [2.45, 2.75) is 16.2 Å². The molecule has 5 rings (SSSR count). The largest absolute Gasteiger partial charge is 0.307 e. The number of nitrogens with one attached hydrogen (secondary N) is 1. The van der Waals surface area contributed by atoms with E-state index < -0.39 is 22.0 Å². The average Bonchev–Trinajstić information content (AvgIpc) is 3.23. The van der Waals surface area contributed by atoms with Gasteiger partial charge in [-0.25, -0.2) is 4.90 Å². The highest BCUT2D eigenvalue weighted by molar-refractivity contribution is 8.00. The summed E-state index contributed by atoms with van der Waals surface area (Å²) in [4.78, 5) is 53.5. The van der Waals surface area contributed by atoms with Gasteiger partial charge in [-0.3, -0.25) is 24.5 Å². The normalized spacial score (nSPS) is 22.7. The molecule has 1 N–H and O–H groups in total. The van der Waals surface area contributed by atoms with Gasteiger partial charge in [0.05, 0.1) is 21.6 Å². The first-order chi connectivity index (χ1) is 14.5. The highest BCUT2D eigenvalue weighted by Gasteiger charge is 2.56. The molecule has 0 bridgehead atoms. The van der Waals surface area contributed by atoms with Crippen molar-refractivity contribution >= 4 is 46.3 Å². The molecule has 2 aromatic carbocycles. The minimum atomic E-state index is -0.685. The number of nitrogens with zero attached hydrogens (tertiary/aromatic N) is 2. The summed E-state index contributed by atoms with van der Waals surface area (Å²) in [6.07, 6.45) is 0. The van der Waals surface area contributed by atoms with Crippen LogP contribution in [0, 0.1) is 16.0 Å². The van der Waals surface area contributed by atoms with Gasteiger partial charge in [-0.2, -0.15) is 0 Å². The lowest BCUT2D eigenvalue weighted by Crippen LogP contribution is -2.32. The van der Waals surface area contributed by atoms with Gasteiger partial charge < -0.3 is 4.98 Å². The van der Waals surface area contributed by atoms with Crippen LogP contribution >= 0.6 is 23.1 Å². The van der Waals surface area contributed by atoms with E-state index in [0.29, 0.717) is 10.7 Å². The maximum atomic E-state index is 13.4. The van der Waals surface area contributed by atoms with Crippen LogP contribution in [0.4, 0.5) is 11.4 Å². The number of hydrogen-bond donors (Lipinski definition) is 1. The van der Waals surface area contributed by atoms with Crippen LogP contribution in [0.3, 0.4) is 0 Å². The zero-order valence-corrected chi connectivity index (χ0v) is 16.8. The molecule has 1 fully saturated rings. The number of carbonyl (C=O) groups is 2. The predicted molar refractivity (Wildman–Crippen MR) is 112 cm³/mol. The minimum absolute atomic E-state index is 0.119. The summed E-state index contributed by atoms with van der Waals surface area (Å²) in [5, 5.41) is 10.9. The van der Waals surface area contributed by atoms with Gasteiger partial charge in [0.1, 0.15) is 5.25 Å². The van der Waals surface area contributed by atoms with Gasteiger partial charge in [0.15, 0.2) is 0 Å². The van der Waals surface area contributed by atoms with Crippen molar-refractivity contribution in [3.8, 4) is 0 Å². The molecule has 0 saturated carbocycles. The number of hydrogen-bond acceptors (Lipinski definition) is 7. The molecule has 3 heterocycles. The average molecular weight is 439 g/mol. The molecular weight excluding hydrogens is 426 g/mol. The van der Waals surface area contributed by atoms with E-state index in [1.54, 1.807) is 0 Å². The molecule has 2 unspecified atom stereocenters. The maximum absolute atomic E-state index is 13.4. The summed E-state index contributed by atoms with van der Waals surface area (Å²) in [5.41, 5.74) is 1.04. The Morgan fingerprint density at radius 1 is 0.967 bits per heavy atom. The van der Waals surface area contributed by atoms with Crippen molar-refractivity contribution in [1.29, 1.82) is 0 Å². The second-order valence-corrected chi connectivity index (χ2v) is 9.11. The number of fused-ring (bicyclic) bond motifs is 2. The first kappa shape index (κ1) is 18.8. The van der Waals surface area contributed by atoms with Crippen LogP contribution < -0.4 is 9.77 Å². The Hall–Kier alpha value is -3.24. The summed E-state index contributed by atoms with van der Waals surface area (Å²) < 4.78 is 0. The molecule has 30 heavy (non-hydrogen) atoms. The number of nitro groups is 1. The Morgan fingerprint density at radius 2 is 1.67 bits per heavy atom. The predicted octanol–water partition coefficient (Wildman–Crippen LogP) is 3.14. The quantitative estimate of drug-likeness (QED) is 0.381. The lowest BCUT2D eigenvalue weighted by atomic mass is 9.83. The van der Waals surface area contributed by atoms with Gasteiger partial charge in [-0.15, -0.1) is 0 Å². The van der Waals surface area contributed by atoms with Crippen molar-refractivity contribution in [3.05, 3.63) is 84.8 Å². The first-order valence-electron chi connectivity index (χ1n) is 9.02. The standard InChI is InChI=1S/C20H13N3O5S2/c24-18-14-13(10-4-2-1-3-5-10)15-17(21-20(26)30-15)29-16(14)19(25)22(18)11-6-8-12(9-7-11)23(27)28/h1-9,13-14,16H,(H,21,26)/t13-,14?,16?/m1/s1. The Bertz CT molecular complexity index is 1240. The fourth-order valence-corrected chi connectivity index (χ4v) is 6.53. The van der Waals surface area contributed by atoms with E-state index in [4.69, 9.17) is 0 Å². The molecule has 10 heteroatoms. The van der Waals surface area contributed by atoms with Gasteiger partial charge in [-0.05, 0) is 17.7 Å². The van der Waals surface area contributed by atoms with Crippen LogP contribution in [0.25, 0.3) is 0 Å². The maximum Gasteiger partial charge on any atom is 0.305 e. The summed E-state index contributed by atoms with van der Waals surface area (Å²) in [7, 11) is 0. The third-order valence-electron chi connectivity index (χ3n) is 5.30. The van der Waals surface area contributed by atoms with E-state index in [1.807, 2.05) is 30.3 Å². The lowest BCUT2D eigenvalue weighted by molar-refractivity contribution is -0.384. The highest BCUT2D eigenvalue weighted by Crippen LogP contribution is 2.53. The first-order valence-corrected chi connectivity index (χ1v) is 10.7. The summed E-state index contributed by atoms with van der Waals surface area (Å²) in [5.74, 6) is -1.84. The Balaban J connectivity index is 1.61. The molecule has 3 aromatic rings. The van der Waals surface area contributed by atoms with Crippen LogP contribution in [-0.2, 0) is 9.59 Å². The zero-order valence-electron chi connectivity index (χ0n) is 15.2. The second-order valence-electron chi connectivity index (χ2n) is 6.95. The van der Waals surface area contributed by atoms with E-state index in [0.717, 1.165) is 26.7 Å². The van der Waals surface area contributed by atoms with Crippen molar-refractivity contribution in [2.75, 3.05) is 4.90 Å². The number of non-ortho nitro benzene ring substituents is 1. The number of amides is 2. The summed E-state index contributed by atoms with van der Waals surface area (Å²) in [6.45, 7) is 0. The number of anilines is 1. The van der Waals surface area contributed by atoms with E-state index in [-0.39, 0.29) is 22.4 Å². The van der Waals surface area contributed by atoms with Crippen molar-refractivity contribution in [2.24, 2.45) is 5.92 Å². The molecule has 2 aliphatic rings. The number of aromatic amines is 1. The molecule has 0 aliphatic carbocycles. The fraction of sp³-hybridized carbons (Fsp3) is 0.150. The molecule has 1 saturated heterocycles. The number of rotatable bonds is 3. The van der Waals surface area contributed by atoms with E-state index in [9.17, 15) is 24.5 Å². The number of carbonyl (C=O) groups excluding carboxylic acids is 2. The number of benzene rings is 2. The van der Waals surface area contributed by atoms with Crippen LogP contribution in [0.15, 0.2) is 64.4 Å². The number of thioether (sulfide) groups is 1. The van der Waals surface area contributed by atoms with Gasteiger partial charge in [0.25, 0.3) is 5.69 Å². The molecule has 2 aliphatic heterocycles. The lowest BCUT2D eigenvalue weighted by Gasteiger charge is -2.29. The van der Waals surface area contributed by atoms with E-state index in [1.165, 1.54) is 36.0 Å². The molecular formula is C20H13N3O5S2. The molecule has 3 atom stereocenters. The highest BCUT2D eigenvalue weighted by atomic mass is 32.2. The molecule has 2 amide bonds. The van der Waals surface area contributed by atoms with Gasteiger partial charge in [0, 0.05) is 22.9 Å². The Kier molecular flexibility index (Phi) is 4.33. The van der Waals surface area contributed by atoms with Crippen LogP contribution in [0.2, 0.25) is 0 Å². The molecule has 1 aromatic heterocycles. The summed E-state index contributed by atoms with van der Waals surface area (Å²) in [6, 6.07) is 14.7. The number of imide groups is 1. The van der Waals surface area contributed by atoms with Crippen LogP contribution in [0.1, 0.15) is 16.4 Å². The zero-order chi connectivity index (χ0) is 21.0. The topological polar surface area (TPSA) is 113 Å². The molecule has 0 spiro atoms. The Labute approximate surface area is 177 Å². The number of aromatic nitrogens is 1. The smallest absolute Gasteiger partial charge is 0.305 e. The SMILES string of the molecule is O=C1C2Sc3[nH]c(=O)sc3[C@H](c3ccccc3)C2C(=O)N1c1ccc([N+](=O)[O-])cc1. The van der Waals surface area contributed by atoms with Gasteiger partial charge in [0.2, 0.25) is 11.8 Å². The van der Waals surface area contributed by atoms with Crippen LogP contribution in [-0.4, -0.2) is 27.0 Å². The van der Waals surface area contributed by atoms with E-state index in [2.05, 4.69) is 4.98 Å². The number of thiazole rings is 1. The molecule has 8 nitrogen and oxygen atoms in total. The van der Waals surface area contributed by atoms with Gasteiger partial charge >= 0.3 is 4.87 Å². The monoisotopic (exact) mass is 439 g/mol. The van der Waals surface area contributed by atoms with Gasteiger partial charge in [-0.1, -0.05) is 53.4 Å². The second kappa shape index (κ2) is 6.92. The molecule has 0 radical (unpaired) electrons. The number of nitro benzene ring substituents is 1. The van der Waals surface area contributed by atoms with Crippen molar-refractivity contribution in [1.82, 2.24) is 4.98 Å². The summed E-state index contributed by atoms with van der Waals surface area (Å²) >= 11 is 2.26. The van der Waals surface area contributed by atoms with Crippen LogP contribution in [0.5, 0.6) is 0 Å². The van der Waals surface area contributed by atoms with Crippen molar-refractivity contribution in [3.63, 3.8) is 0 Å². The fourth-order valence-electron chi connectivity index (χ4n) is 4.01. The Morgan fingerprint density at radius 3 is 2.33 bits per heavy atom. The molecule has 150 valence electrons. The van der Waals surface area contributed by atoms with Crippen molar-refractivity contribution < 1.29 is 14.5 Å². The third-order valence-corrected chi connectivity index (χ3v) is 7.70. The van der Waals surface area contributed by atoms with E-state index >= 15 is 0 Å².